The molecule has 0 unspecified atom stereocenters. The Bertz CT molecular complexity index is 260. The standard InChI is InChI=1S/C8H8BrNO/c1-11-10-6-7-4-2-3-5-8(7)9/h2-6H,1H3. The van der Waals surface area contributed by atoms with Crippen molar-refractivity contribution in [3.63, 3.8) is 0 Å². The molecule has 0 saturated heterocycles. The maximum atomic E-state index is 4.55. The van der Waals surface area contributed by atoms with Crippen molar-refractivity contribution in [2.45, 2.75) is 0 Å². The van der Waals surface area contributed by atoms with Gasteiger partial charge in [0, 0.05) is 10.0 Å². The smallest absolute Gasteiger partial charge is 0.106 e. The molecule has 0 heterocycles. The SMILES string of the molecule is CON=Cc1ccccc1Br. The molecule has 0 N–H and O–H groups in total. The highest BCUT2D eigenvalue weighted by Gasteiger charge is 1.92. The highest BCUT2D eigenvalue weighted by molar-refractivity contribution is 9.10. The van der Waals surface area contributed by atoms with E-state index in [0.717, 1.165) is 10.0 Å². The van der Waals surface area contributed by atoms with Gasteiger partial charge in [0.2, 0.25) is 0 Å². The zero-order valence-corrected chi connectivity index (χ0v) is 7.71. The van der Waals surface area contributed by atoms with Gasteiger partial charge in [-0.2, -0.15) is 0 Å². The van der Waals surface area contributed by atoms with E-state index in [1.807, 2.05) is 24.3 Å². The minimum atomic E-state index is 1.01. The summed E-state index contributed by atoms with van der Waals surface area (Å²) in [5, 5.41) is 3.65. The lowest BCUT2D eigenvalue weighted by molar-refractivity contribution is 0.215. The van der Waals surface area contributed by atoms with Crippen molar-refractivity contribution in [1.82, 2.24) is 0 Å². The van der Waals surface area contributed by atoms with Gasteiger partial charge < -0.3 is 4.84 Å². The maximum Gasteiger partial charge on any atom is 0.106 e. The zero-order valence-electron chi connectivity index (χ0n) is 6.12. The van der Waals surface area contributed by atoms with Crippen LogP contribution in [0.15, 0.2) is 33.9 Å². The zero-order chi connectivity index (χ0) is 8.10. The van der Waals surface area contributed by atoms with Crippen LogP contribution >= 0.6 is 15.9 Å². The first kappa shape index (κ1) is 8.27. The van der Waals surface area contributed by atoms with Gasteiger partial charge in [-0.3, -0.25) is 0 Å². The predicted octanol–water partition coefficient (Wildman–Crippen LogP) is 2.43. The van der Waals surface area contributed by atoms with E-state index in [1.54, 1.807) is 6.21 Å². The van der Waals surface area contributed by atoms with Crippen LogP contribution < -0.4 is 0 Å². The Morgan fingerprint density at radius 1 is 1.45 bits per heavy atom. The summed E-state index contributed by atoms with van der Waals surface area (Å²) in [6.45, 7) is 0. The third-order valence-electron chi connectivity index (χ3n) is 1.20. The molecule has 0 spiro atoms. The summed E-state index contributed by atoms with van der Waals surface area (Å²) >= 11 is 3.38. The third kappa shape index (κ3) is 2.35. The quantitative estimate of drug-likeness (QED) is 0.547. The molecule has 0 radical (unpaired) electrons. The summed E-state index contributed by atoms with van der Waals surface area (Å²) in [6, 6.07) is 7.81. The molecule has 11 heavy (non-hydrogen) atoms. The monoisotopic (exact) mass is 213 g/mol. The maximum absolute atomic E-state index is 4.55. The molecule has 0 bridgehead atoms. The van der Waals surface area contributed by atoms with Crippen LogP contribution in [0.5, 0.6) is 0 Å². The van der Waals surface area contributed by atoms with Gasteiger partial charge in [-0.15, -0.1) is 0 Å². The van der Waals surface area contributed by atoms with Gasteiger partial charge in [0.15, 0.2) is 0 Å². The first-order valence-electron chi connectivity index (χ1n) is 3.15. The van der Waals surface area contributed by atoms with E-state index in [2.05, 4.69) is 25.9 Å². The summed E-state index contributed by atoms with van der Waals surface area (Å²) in [6.07, 6.45) is 1.66. The van der Waals surface area contributed by atoms with E-state index in [1.165, 1.54) is 7.11 Å². The second kappa shape index (κ2) is 4.13. The van der Waals surface area contributed by atoms with Crippen LogP contribution in [0.1, 0.15) is 5.56 Å². The van der Waals surface area contributed by atoms with Crippen LogP contribution in [0, 0.1) is 0 Å². The van der Waals surface area contributed by atoms with E-state index in [9.17, 15) is 0 Å². The molecule has 0 amide bonds. The molecule has 0 aliphatic heterocycles. The van der Waals surface area contributed by atoms with Crippen LogP contribution in [-0.2, 0) is 4.84 Å². The molecular formula is C8H8BrNO. The summed E-state index contributed by atoms with van der Waals surface area (Å²) in [4.78, 5) is 4.55. The molecule has 58 valence electrons. The van der Waals surface area contributed by atoms with Crippen LogP contribution in [0.25, 0.3) is 0 Å². The Hall–Kier alpha value is -0.830. The van der Waals surface area contributed by atoms with Crippen molar-refractivity contribution >= 4 is 22.1 Å². The predicted molar refractivity (Wildman–Crippen MR) is 48.7 cm³/mol. The number of hydrogen-bond donors (Lipinski definition) is 0. The van der Waals surface area contributed by atoms with E-state index in [-0.39, 0.29) is 0 Å². The number of halogens is 1. The summed E-state index contributed by atoms with van der Waals surface area (Å²) in [5.41, 5.74) is 1.01. The fraction of sp³-hybridized carbons (Fsp3) is 0.125. The van der Waals surface area contributed by atoms with Crippen molar-refractivity contribution < 1.29 is 4.84 Å². The number of oxime groups is 1. The molecule has 0 aliphatic carbocycles. The molecule has 0 aromatic heterocycles. The minimum Gasteiger partial charge on any atom is -0.399 e. The number of benzene rings is 1. The Morgan fingerprint density at radius 2 is 2.18 bits per heavy atom. The highest BCUT2D eigenvalue weighted by atomic mass is 79.9. The van der Waals surface area contributed by atoms with Gasteiger partial charge in [0.1, 0.15) is 7.11 Å². The second-order valence-electron chi connectivity index (χ2n) is 1.94. The van der Waals surface area contributed by atoms with Crippen molar-refractivity contribution in [3.8, 4) is 0 Å². The van der Waals surface area contributed by atoms with Gasteiger partial charge in [0.05, 0.1) is 6.21 Å². The Balaban J connectivity index is 2.86. The van der Waals surface area contributed by atoms with Crippen LogP contribution in [-0.4, -0.2) is 13.3 Å². The first-order valence-corrected chi connectivity index (χ1v) is 3.95. The lowest BCUT2D eigenvalue weighted by Gasteiger charge is -1.94. The molecule has 0 saturated carbocycles. The first-order chi connectivity index (χ1) is 5.34. The number of hydrogen-bond acceptors (Lipinski definition) is 2. The topological polar surface area (TPSA) is 21.6 Å². The van der Waals surface area contributed by atoms with Crippen LogP contribution in [0.3, 0.4) is 0 Å². The Morgan fingerprint density at radius 3 is 2.82 bits per heavy atom. The molecular weight excluding hydrogens is 206 g/mol. The van der Waals surface area contributed by atoms with E-state index in [4.69, 9.17) is 0 Å². The normalized spacial score (nSPS) is 10.4. The summed E-state index contributed by atoms with van der Waals surface area (Å²) < 4.78 is 1.01. The molecule has 0 aliphatic rings. The number of rotatable bonds is 2. The molecule has 0 atom stereocenters. The van der Waals surface area contributed by atoms with Gasteiger partial charge in [-0.1, -0.05) is 39.3 Å². The van der Waals surface area contributed by atoms with Crippen LogP contribution in [0.4, 0.5) is 0 Å². The third-order valence-corrected chi connectivity index (χ3v) is 1.92. The number of nitrogens with zero attached hydrogens (tertiary/aromatic N) is 1. The lowest BCUT2D eigenvalue weighted by Crippen LogP contribution is -1.82. The van der Waals surface area contributed by atoms with Crippen LogP contribution in [0.2, 0.25) is 0 Å². The molecule has 1 rings (SSSR count). The fourth-order valence-corrected chi connectivity index (χ4v) is 1.08. The molecule has 3 heteroatoms. The average Bonchev–Trinajstić information content (AvgIpc) is 2.03. The minimum absolute atomic E-state index is 1.01. The van der Waals surface area contributed by atoms with Crippen molar-refractivity contribution in [2.75, 3.05) is 7.11 Å². The summed E-state index contributed by atoms with van der Waals surface area (Å²) in [5.74, 6) is 0. The average molecular weight is 214 g/mol. The van der Waals surface area contributed by atoms with E-state index in [0.29, 0.717) is 0 Å². The van der Waals surface area contributed by atoms with E-state index < -0.39 is 0 Å². The van der Waals surface area contributed by atoms with Crippen molar-refractivity contribution in [1.29, 1.82) is 0 Å². The molecule has 1 aromatic carbocycles. The van der Waals surface area contributed by atoms with Gasteiger partial charge in [0.25, 0.3) is 0 Å². The molecule has 0 fully saturated rings. The van der Waals surface area contributed by atoms with Gasteiger partial charge >= 0.3 is 0 Å². The fourth-order valence-electron chi connectivity index (χ4n) is 0.689. The Kier molecular flexibility index (Phi) is 3.11. The summed E-state index contributed by atoms with van der Waals surface area (Å²) in [7, 11) is 1.52. The van der Waals surface area contributed by atoms with Crippen molar-refractivity contribution in [2.24, 2.45) is 5.16 Å². The molecule has 1 aromatic rings. The van der Waals surface area contributed by atoms with E-state index >= 15 is 0 Å². The van der Waals surface area contributed by atoms with Gasteiger partial charge in [-0.25, -0.2) is 0 Å². The highest BCUT2D eigenvalue weighted by Crippen LogP contribution is 2.13. The lowest BCUT2D eigenvalue weighted by atomic mass is 10.2. The van der Waals surface area contributed by atoms with Gasteiger partial charge in [-0.05, 0) is 6.07 Å². The van der Waals surface area contributed by atoms with Crippen molar-refractivity contribution in [3.05, 3.63) is 34.3 Å². The molecule has 2 nitrogen and oxygen atoms in total. The second-order valence-corrected chi connectivity index (χ2v) is 2.79. The largest absolute Gasteiger partial charge is 0.399 e. The Labute approximate surface area is 74.0 Å².